The van der Waals surface area contributed by atoms with Gasteiger partial charge in [-0.05, 0) is 45.4 Å². The third kappa shape index (κ3) is 10.5. The van der Waals surface area contributed by atoms with E-state index in [-0.39, 0.29) is 11.4 Å². The smallest absolute Gasteiger partial charge is 0.475 e. The Labute approximate surface area is 221 Å². The minimum atomic E-state index is -5.08. The number of halogens is 6. The molecule has 2 aliphatic rings. The highest BCUT2D eigenvalue weighted by Crippen LogP contribution is 2.44. The first-order valence-corrected chi connectivity index (χ1v) is 11.8. The number of alkyl halides is 6. The molecule has 1 aromatic rings. The van der Waals surface area contributed by atoms with Gasteiger partial charge in [-0.3, -0.25) is 14.6 Å². The third-order valence-corrected chi connectivity index (χ3v) is 6.07. The van der Waals surface area contributed by atoms with E-state index in [1.54, 1.807) is 0 Å². The zero-order valence-corrected chi connectivity index (χ0v) is 21.5. The van der Waals surface area contributed by atoms with Gasteiger partial charge in [-0.15, -0.1) is 6.58 Å². The molecule has 0 saturated carbocycles. The number of nitrogens with zero attached hydrogens (tertiary/aromatic N) is 2. The van der Waals surface area contributed by atoms with Gasteiger partial charge in [0.2, 0.25) is 0 Å². The molecule has 0 spiro atoms. The fraction of sp³-hybridized carbons (Fsp3) is 0.625. The van der Waals surface area contributed by atoms with Crippen molar-refractivity contribution in [1.82, 2.24) is 9.80 Å². The summed E-state index contributed by atoms with van der Waals surface area (Å²) in [5.41, 5.74) is -0.368. The molecule has 2 saturated heterocycles. The third-order valence-electron chi connectivity index (χ3n) is 6.07. The van der Waals surface area contributed by atoms with Gasteiger partial charge in [0.25, 0.3) is 0 Å². The number of carbonyl (C=O) groups excluding carboxylic acids is 1. The summed E-state index contributed by atoms with van der Waals surface area (Å²) in [6.07, 6.45) is -6.33. The van der Waals surface area contributed by atoms with Crippen molar-refractivity contribution in [1.29, 1.82) is 0 Å². The summed E-state index contributed by atoms with van der Waals surface area (Å²) >= 11 is 0. The van der Waals surface area contributed by atoms with Crippen LogP contribution in [0.5, 0.6) is 0 Å². The molecule has 0 radical (unpaired) electrons. The summed E-state index contributed by atoms with van der Waals surface area (Å²) < 4.78 is 74.7. The maximum Gasteiger partial charge on any atom is 0.490 e. The molecule has 0 aliphatic carbocycles. The number of ether oxygens (including phenoxy) is 1. The van der Waals surface area contributed by atoms with Crippen LogP contribution in [0.4, 0.5) is 26.3 Å². The van der Waals surface area contributed by atoms with E-state index in [0.717, 1.165) is 63.6 Å². The molecule has 2 N–H and O–H groups in total. The van der Waals surface area contributed by atoms with Crippen LogP contribution in [0, 0.1) is 18.3 Å². The first-order chi connectivity index (χ1) is 18.0. The molecule has 222 valence electrons. The van der Waals surface area contributed by atoms with Gasteiger partial charge >= 0.3 is 30.3 Å². The van der Waals surface area contributed by atoms with Gasteiger partial charge in [0, 0.05) is 32.1 Å². The first kappa shape index (κ1) is 34.0. The normalized spacial score (nSPS) is 21.8. The number of hydrogen-bond acceptors (Lipinski definition) is 7. The highest BCUT2D eigenvalue weighted by atomic mass is 19.4. The Balaban J connectivity index is 0.000000449. The molecule has 0 bridgehead atoms. The van der Waals surface area contributed by atoms with E-state index in [0.29, 0.717) is 12.5 Å². The van der Waals surface area contributed by atoms with Crippen LogP contribution in [0.3, 0.4) is 0 Å². The van der Waals surface area contributed by atoms with Crippen molar-refractivity contribution in [2.75, 3.05) is 39.3 Å². The number of likely N-dealkylation sites (tertiary alicyclic amines) is 2. The number of furan rings is 1. The number of carboxylic acid groups (broad SMARTS) is 2. The summed E-state index contributed by atoms with van der Waals surface area (Å²) in [5.74, 6) is -3.28. The number of aliphatic carboxylic acids is 2. The topological polar surface area (TPSA) is 121 Å². The average molecular weight is 575 g/mol. The van der Waals surface area contributed by atoms with Gasteiger partial charge in [-0.25, -0.2) is 9.59 Å². The van der Waals surface area contributed by atoms with Crippen molar-refractivity contribution in [3.63, 3.8) is 0 Å². The Hall–Kier alpha value is -3.07. The predicted octanol–water partition coefficient (Wildman–Crippen LogP) is 4.12. The molecular weight excluding hydrogens is 542 g/mol. The zero-order chi connectivity index (χ0) is 30.0. The van der Waals surface area contributed by atoms with Crippen LogP contribution < -0.4 is 0 Å². The SMILES string of the molecule is C=CCN1C[C@@H]2CN(Cc3ccc(C)o3)CCC[C@]2(C(=O)OCC)C1.O=C(O)C(F)(F)F.O=C(O)C(F)(F)F. The van der Waals surface area contributed by atoms with Crippen LogP contribution in [0.1, 0.15) is 31.3 Å². The minimum absolute atomic E-state index is 0.0118. The fourth-order valence-corrected chi connectivity index (χ4v) is 4.48. The number of carbonyl (C=O) groups is 3. The summed E-state index contributed by atoms with van der Waals surface area (Å²) in [7, 11) is 0. The Bertz CT molecular complexity index is 955. The Morgan fingerprint density at radius 1 is 1.10 bits per heavy atom. The lowest BCUT2D eigenvalue weighted by molar-refractivity contribution is -0.193. The van der Waals surface area contributed by atoms with Crippen LogP contribution in [0.15, 0.2) is 29.2 Å². The summed E-state index contributed by atoms with van der Waals surface area (Å²) in [6.45, 7) is 13.4. The van der Waals surface area contributed by atoms with Crippen molar-refractivity contribution in [2.45, 2.75) is 45.6 Å². The summed E-state index contributed by atoms with van der Waals surface area (Å²) in [4.78, 5) is 35.4. The van der Waals surface area contributed by atoms with Crippen LogP contribution >= 0.6 is 0 Å². The van der Waals surface area contributed by atoms with Gasteiger partial charge in [0.05, 0.1) is 18.6 Å². The Kier molecular flexibility index (Phi) is 12.5. The van der Waals surface area contributed by atoms with Gasteiger partial charge in [-0.1, -0.05) is 6.08 Å². The van der Waals surface area contributed by atoms with Crippen LogP contribution in [0.2, 0.25) is 0 Å². The van der Waals surface area contributed by atoms with Gasteiger partial charge in [-0.2, -0.15) is 26.3 Å². The number of rotatable bonds is 6. The molecule has 2 atom stereocenters. The van der Waals surface area contributed by atoms with Gasteiger partial charge in [0.1, 0.15) is 11.5 Å². The highest BCUT2D eigenvalue weighted by Gasteiger charge is 2.53. The van der Waals surface area contributed by atoms with Crippen LogP contribution in [-0.4, -0.2) is 89.6 Å². The van der Waals surface area contributed by atoms with Crippen molar-refractivity contribution in [3.8, 4) is 0 Å². The molecule has 9 nitrogen and oxygen atoms in total. The highest BCUT2D eigenvalue weighted by molar-refractivity contribution is 5.78. The van der Waals surface area contributed by atoms with Crippen molar-refractivity contribution in [2.24, 2.45) is 11.3 Å². The quantitative estimate of drug-likeness (QED) is 0.294. The second kappa shape index (κ2) is 14.4. The van der Waals surface area contributed by atoms with E-state index < -0.39 is 24.3 Å². The van der Waals surface area contributed by atoms with E-state index in [1.165, 1.54) is 0 Å². The monoisotopic (exact) mass is 574 g/mol. The molecule has 0 amide bonds. The lowest BCUT2D eigenvalue weighted by Crippen LogP contribution is -2.42. The van der Waals surface area contributed by atoms with Gasteiger partial charge in [0.15, 0.2) is 0 Å². The molecule has 0 aromatic carbocycles. The molecule has 3 rings (SSSR count). The Morgan fingerprint density at radius 3 is 2.08 bits per heavy atom. The first-order valence-electron chi connectivity index (χ1n) is 11.8. The fourth-order valence-electron chi connectivity index (χ4n) is 4.48. The van der Waals surface area contributed by atoms with E-state index in [1.807, 2.05) is 26.0 Å². The number of aryl methyl sites for hydroxylation is 1. The Morgan fingerprint density at radius 2 is 1.64 bits per heavy atom. The minimum Gasteiger partial charge on any atom is -0.475 e. The lowest BCUT2D eigenvalue weighted by atomic mass is 9.75. The number of carboxylic acids is 2. The molecule has 0 unspecified atom stereocenters. The maximum atomic E-state index is 12.9. The van der Waals surface area contributed by atoms with Crippen LogP contribution in [-0.2, 0) is 25.7 Å². The number of hydrogen-bond donors (Lipinski definition) is 2. The second-order valence-electron chi connectivity index (χ2n) is 9.01. The molecule has 1 aromatic heterocycles. The standard InChI is InChI=1S/C20H30N2O3.2C2HF3O2/c1-4-10-22-13-17-12-21(14-18-8-7-16(3)25-18)11-6-9-20(17,15-22)19(23)24-5-2;2*3-2(4,5)1(6)7/h4,7-8,17H,1,5-6,9-15H2,2-3H3;2*(H,6,7)/t17-,20-;;/m0../s1. The van der Waals surface area contributed by atoms with E-state index in [9.17, 15) is 31.1 Å². The lowest BCUT2D eigenvalue weighted by Gasteiger charge is -2.31. The number of fused-ring (bicyclic) bond motifs is 1. The second-order valence-corrected chi connectivity index (χ2v) is 9.01. The molecule has 3 heterocycles. The van der Waals surface area contributed by atoms with Crippen molar-refractivity contribution in [3.05, 3.63) is 36.3 Å². The summed E-state index contributed by atoms with van der Waals surface area (Å²) in [5, 5.41) is 14.2. The van der Waals surface area contributed by atoms with Crippen molar-refractivity contribution < 1.29 is 60.1 Å². The largest absolute Gasteiger partial charge is 0.490 e. The van der Waals surface area contributed by atoms with E-state index in [2.05, 4.69) is 22.4 Å². The maximum absolute atomic E-state index is 12.9. The van der Waals surface area contributed by atoms with Crippen molar-refractivity contribution >= 4 is 17.9 Å². The zero-order valence-electron chi connectivity index (χ0n) is 21.5. The molecule has 2 fully saturated rings. The van der Waals surface area contributed by atoms with E-state index >= 15 is 0 Å². The number of esters is 1. The average Bonchev–Trinajstić information content (AvgIpc) is 3.32. The van der Waals surface area contributed by atoms with Gasteiger partial charge < -0.3 is 19.4 Å². The molecule has 39 heavy (non-hydrogen) atoms. The summed E-state index contributed by atoms with van der Waals surface area (Å²) in [6, 6.07) is 4.06. The molecular formula is C24H32F6N2O7. The molecule has 2 aliphatic heterocycles. The van der Waals surface area contributed by atoms with E-state index in [4.69, 9.17) is 29.0 Å². The molecule has 15 heteroatoms. The van der Waals surface area contributed by atoms with Crippen LogP contribution in [0.25, 0.3) is 0 Å². The predicted molar refractivity (Wildman–Crippen MR) is 125 cm³/mol.